The van der Waals surface area contributed by atoms with Crippen LogP contribution in [-0.2, 0) is 0 Å². The maximum Gasteiger partial charge on any atom is 0.218 e. The van der Waals surface area contributed by atoms with Crippen molar-refractivity contribution in [2.24, 2.45) is 0 Å². The van der Waals surface area contributed by atoms with Crippen molar-refractivity contribution in [1.82, 2.24) is 15.0 Å². The maximum absolute atomic E-state index is 5.51. The molecule has 0 aliphatic heterocycles. The van der Waals surface area contributed by atoms with Crippen molar-refractivity contribution in [3.63, 3.8) is 0 Å². The Labute approximate surface area is 122 Å². The molecule has 0 aliphatic carbocycles. The Morgan fingerprint density at radius 1 is 1.19 bits per heavy atom. The average molecular weight is 278 g/mol. The van der Waals surface area contributed by atoms with Crippen molar-refractivity contribution >= 4 is 17.7 Å². The van der Waals surface area contributed by atoms with E-state index in [4.69, 9.17) is 4.42 Å². The van der Waals surface area contributed by atoms with E-state index in [9.17, 15) is 0 Å². The summed E-state index contributed by atoms with van der Waals surface area (Å²) in [5.74, 6) is 2.53. The summed E-state index contributed by atoms with van der Waals surface area (Å²) in [6, 6.07) is 9.54. The number of pyridine rings is 2. The molecular formula is C16H14N4O. The van der Waals surface area contributed by atoms with Crippen molar-refractivity contribution in [3.05, 3.63) is 60.8 Å². The van der Waals surface area contributed by atoms with Gasteiger partial charge in [-0.3, -0.25) is 0 Å². The predicted molar refractivity (Wildman–Crippen MR) is 82.1 cm³/mol. The van der Waals surface area contributed by atoms with Crippen LogP contribution in [-0.4, -0.2) is 15.0 Å². The third-order valence-electron chi connectivity index (χ3n) is 2.87. The number of aryl methyl sites for hydroxylation is 1. The Bertz CT molecular complexity index is 779. The van der Waals surface area contributed by atoms with E-state index >= 15 is 0 Å². The quantitative estimate of drug-likeness (QED) is 0.785. The smallest absolute Gasteiger partial charge is 0.218 e. The van der Waals surface area contributed by atoms with Crippen LogP contribution in [0.5, 0.6) is 0 Å². The van der Waals surface area contributed by atoms with Gasteiger partial charge in [0.2, 0.25) is 5.89 Å². The van der Waals surface area contributed by atoms with E-state index in [1.807, 2.05) is 37.3 Å². The molecule has 21 heavy (non-hydrogen) atoms. The molecule has 5 nitrogen and oxygen atoms in total. The summed E-state index contributed by atoms with van der Waals surface area (Å²) in [6.07, 6.45) is 4.95. The molecule has 5 heteroatoms. The molecule has 0 unspecified atom stereocenters. The van der Waals surface area contributed by atoms with Gasteiger partial charge in [-0.05, 0) is 42.8 Å². The first kappa shape index (κ1) is 13.1. The topological polar surface area (TPSA) is 63.8 Å². The molecule has 0 aromatic carbocycles. The zero-order chi connectivity index (χ0) is 14.7. The number of hydrogen-bond acceptors (Lipinski definition) is 5. The first-order chi connectivity index (χ1) is 10.2. The number of nitrogens with zero attached hydrogens (tertiary/aromatic N) is 3. The molecule has 0 atom stereocenters. The number of rotatable bonds is 4. The second-order valence-corrected chi connectivity index (χ2v) is 4.52. The second kappa shape index (κ2) is 5.58. The van der Waals surface area contributed by atoms with Crippen molar-refractivity contribution in [2.45, 2.75) is 6.92 Å². The minimum absolute atomic E-state index is 0.477. The highest BCUT2D eigenvalue weighted by Crippen LogP contribution is 2.21. The Balaban J connectivity index is 1.87. The number of hydrogen-bond donors (Lipinski definition) is 1. The highest BCUT2D eigenvalue weighted by Gasteiger charge is 2.07. The van der Waals surface area contributed by atoms with Gasteiger partial charge in [-0.25, -0.2) is 15.0 Å². The van der Waals surface area contributed by atoms with Crippen molar-refractivity contribution in [2.75, 3.05) is 5.32 Å². The van der Waals surface area contributed by atoms with Gasteiger partial charge in [-0.2, -0.15) is 0 Å². The molecule has 3 aromatic heterocycles. The molecule has 0 aliphatic rings. The highest BCUT2D eigenvalue weighted by molar-refractivity contribution is 5.59. The molecule has 3 aromatic rings. The Morgan fingerprint density at radius 2 is 2.10 bits per heavy atom. The molecule has 0 saturated carbocycles. The van der Waals surface area contributed by atoms with Gasteiger partial charge in [0.05, 0.1) is 6.20 Å². The molecule has 0 amide bonds. The van der Waals surface area contributed by atoms with Crippen LogP contribution in [0.2, 0.25) is 0 Å². The van der Waals surface area contributed by atoms with E-state index in [0.717, 1.165) is 11.4 Å². The summed E-state index contributed by atoms with van der Waals surface area (Å²) in [5.41, 5.74) is 1.84. The normalized spacial score (nSPS) is 10.3. The van der Waals surface area contributed by atoms with Gasteiger partial charge in [-0.1, -0.05) is 12.6 Å². The van der Waals surface area contributed by atoms with E-state index < -0.39 is 0 Å². The van der Waals surface area contributed by atoms with Gasteiger partial charge < -0.3 is 9.73 Å². The minimum atomic E-state index is 0.477. The lowest BCUT2D eigenvalue weighted by Crippen LogP contribution is -1.96. The van der Waals surface area contributed by atoms with E-state index in [1.54, 1.807) is 18.5 Å². The average Bonchev–Trinajstić information content (AvgIpc) is 2.96. The van der Waals surface area contributed by atoms with Gasteiger partial charge in [0, 0.05) is 6.20 Å². The summed E-state index contributed by atoms with van der Waals surface area (Å²) in [6.45, 7) is 5.64. The molecular weight excluding hydrogens is 264 g/mol. The lowest BCUT2D eigenvalue weighted by molar-refractivity contribution is 0.558. The first-order valence-corrected chi connectivity index (χ1v) is 6.50. The van der Waals surface area contributed by atoms with Crippen molar-refractivity contribution in [1.29, 1.82) is 0 Å². The molecule has 104 valence electrons. The monoisotopic (exact) mass is 278 g/mol. The van der Waals surface area contributed by atoms with Crippen LogP contribution in [0.15, 0.2) is 53.7 Å². The molecule has 0 saturated heterocycles. The van der Waals surface area contributed by atoms with Crippen molar-refractivity contribution < 1.29 is 4.42 Å². The number of oxazole rings is 1. The van der Waals surface area contributed by atoms with Gasteiger partial charge >= 0.3 is 0 Å². The SMILES string of the molecule is C=Cc1ncc(-c2cccc(Nc3cc(C)ccn3)n2)o1. The van der Waals surface area contributed by atoms with Crippen LogP contribution in [0.1, 0.15) is 11.5 Å². The summed E-state index contributed by atoms with van der Waals surface area (Å²) in [5, 5.41) is 3.17. The largest absolute Gasteiger partial charge is 0.435 e. The van der Waals surface area contributed by atoms with E-state index in [1.165, 1.54) is 0 Å². The van der Waals surface area contributed by atoms with Gasteiger partial charge in [0.15, 0.2) is 5.76 Å². The number of nitrogens with one attached hydrogen (secondary N) is 1. The van der Waals surface area contributed by atoms with Gasteiger partial charge in [0.1, 0.15) is 17.3 Å². The van der Waals surface area contributed by atoms with Crippen molar-refractivity contribution in [3.8, 4) is 11.5 Å². The lowest BCUT2D eigenvalue weighted by atomic mass is 10.3. The molecule has 3 heterocycles. The van der Waals surface area contributed by atoms with Crippen LogP contribution in [0, 0.1) is 6.92 Å². The van der Waals surface area contributed by atoms with Gasteiger partial charge in [0.25, 0.3) is 0 Å². The number of anilines is 2. The molecule has 0 fully saturated rings. The fourth-order valence-corrected chi connectivity index (χ4v) is 1.88. The number of aromatic nitrogens is 3. The zero-order valence-corrected chi connectivity index (χ0v) is 11.6. The highest BCUT2D eigenvalue weighted by atomic mass is 16.4. The van der Waals surface area contributed by atoms with E-state index in [-0.39, 0.29) is 0 Å². The predicted octanol–water partition coefficient (Wildman–Crippen LogP) is 3.83. The summed E-state index contributed by atoms with van der Waals surface area (Å²) >= 11 is 0. The Hall–Kier alpha value is -2.95. The third-order valence-corrected chi connectivity index (χ3v) is 2.87. The maximum atomic E-state index is 5.51. The van der Waals surface area contributed by atoms with Gasteiger partial charge in [-0.15, -0.1) is 0 Å². The summed E-state index contributed by atoms with van der Waals surface area (Å²) < 4.78 is 5.51. The van der Waals surface area contributed by atoms with Crippen LogP contribution >= 0.6 is 0 Å². The fraction of sp³-hybridized carbons (Fsp3) is 0.0625. The van der Waals surface area contributed by atoms with Crippen LogP contribution < -0.4 is 5.32 Å². The Morgan fingerprint density at radius 3 is 2.86 bits per heavy atom. The lowest BCUT2D eigenvalue weighted by Gasteiger charge is -2.06. The van der Waals surface area contributed by atoms with E-state index in [2.05, 4.69) is 26.8 Å². The fourth-order valence-electron chi connectivity index (χ4n) is 1.88. The molecule has 0 bridgehead atoms. The molecule has 1 N–H and O–H groups in total. The second-order valence-electron chi connectivity index (χ2n) is 4.52. The molecule has 0 radical (unpaired) electrons. The van der Waals surface area contributed by atoms with Crippen LogP contribution in [0.3, 0.4) is 0 Å². The summed E-state index contributed by atoms with van der Waals surface area (Å²) in [4.78, 5) is 12.8. The van der Waals surface area contributed by atoms with Crippen LogP contribution in [0.25, 0.3) is 17.5 Å². The first-order valence-electron chi connectivity index (χ1n) is 6.50. The third kappa shape index (κ3) is 2.97. The minimum Gasteiger partial charge on any atom is -0.435 e. The molecule has 0 spiro atoms. The standard InChI is InChI=1S/C16H14N4O/c1-3-16-18-10-13(21-16)12-5-4-6-14(19-12)20-15-9-11(2)7-8-17-15/h3-10H,1H2,2H3,(H,17,19,20). The summed E-state index contributed by atoms with van der Waals surface area (Å²) in [7, 11) is 0. The Kier molecular flexibility index (Phi) is 3.47. The van der Waals surface area contributed by atoms with Crippen LogP contribution in [0.4, 0.5) is 11.6 Å². The van der Waals surface area contributed by atoms with E-state index in [0.29, 0.717) is 23.2 Å². The molecule has 3 rings (SSSR count). The zero-order valence-electron chi connectivity index (χ0n) is 11.6.